The second-order valence-electron chi connectivity index (χ2n) is 10.8. The van der Waals surface area contributed by atoms with E-state index in [1.165, 1.54) is 30.9 Å². The van der Waals surface area contributed by atoms with Crippen LogP contribution in [0.5, 0.6) is 0 Å². The quantitative estimate of drug-likeness (QED) is 0.134. The van der Waals surface area contributed by atoms with Crippen molar-refractivity contribution < 1.29 is 20.1 Å². The van der Waals surface area contributed by atoms with Gasteiger partial charge in [0, 0.05) is 45.3 Å². The van der Waals surface area contributed by atoms with Crippen molar-refractivity contribution in [1.82, 2.24) is 9.97 Å². The Labute approximate surface area is 250 Å². The maximum absolute atomic E-state index is 4.55. The van der Waals surface area contributed by atoms with E-state index in [4.69, 9.17) is 0 Å². The van der Waals surface area contributed by atoms with Gasteiger partial charge in [0.25, 0.3) is 0 Å². The molecule has 0 fully saturated rings. The Balaban J connectivity index is 0.000000192. The number of benzene rings is 3. The molecule has 5 heteroatoms. The van der Waals surface area contributed by atoms with E-state index in [0.717, 1.165) is 22.5 Å². The third kappa shape index (κ3) is 6.45. The first-order chi connectivity index (χ1) is 18.3. The molecule has 2 nitrogen and oxygen atoms in total. The van der Waals surface area contributed by atoms with Crippen molar-refractivity contribution in [3.05, 3.63) is 115 Å². The van der Waals surface area contributed by atoms with Gasteiger partial charge in [-0.25, -0.2) is 0 Å². The Hall–Kier alpha value is -2.95. The summed E-state index contributed by atoms with van der Waals surface area (Å²) in [6.45, 7) is 11.6. The number of fused-ring (bicyclic) bond motifs is 3. The molecule has 3 aromatic heterocycles. The van der Waals surface area contributed by atoms with Crippen LogP contribution in [0.25, 0.3) is 42.7 Å². The van der Waals surface area contributed by atoms with Gasteiger partial charge in [-0.3, -0.25) is 0 Å². The first kappa shape index (κ1) is 29.0. The van der Waals surface area contributed by atoms with E-state index in [2.05, 4.69) is 104 Å². The van der Waals surface area contributed by atoms with Crippen molar-refractivity contribution in [3.8, 4) is 22.5 Å². The number of hydrogen-bond donors (Lipinski definition) is 0. The average molecular weight is 721 g/mol. The molecule has 0 saturated carbocycles. The third-order valence-electron chi connectivity index (χ3n) is 6.62. The molecule has 0 spiro atoms. The number of rotatable bonds is 4. The van der Waals surface area contributed by atoms with E-state index < -0.39 is 8.07 Å². The van der Waals surface area contributed by atoms with E-state index in [0.29, 0.717) is 5.92 Å². The van der Waals surface area contributed by atoms with Crippen LogP contribution in [0.1, 0.15) is 25.3 Å². The summed E-state index contributed by atoms with van der Waals surface area (Å²) < 4.78 is 2.67. The largest absolute Gasteiger partial charge is 0.305 e. The third-order valence-corrected chi connectivity index (χ3v) is 9.82. The Morgan fingerprint density at radius 2 is 1.56 bits per heavy atom. The smallest absolute Gasteiger partial charge is 0.0300 e. The van der Waals surface area contributed by atoms with Gasteiger partial charge in [0.1, 0.15) is 0 Å². The zero-order valence-corrected chi connectivity index (χ0v) is 27.2. The van der Waals surface area contributed by atoms with Crippen LogP contribution in [0, 0.1) is 12.1 Å². The van der Waals surface area contributed by atoms with Crippen LogP contribution in [-0.2, 0) is 20.1 Å². The van der Waals surface area contributed by atoms with Gasteiger partial charge in [-0.2, -0.15) is 11.3 Å². The predicted octanol–water partition coefficient (Wildman–Crippen LogP) is 9.13. The van der Waals surface area contributed by atoms with Crippen LogP contribution in [0.15, 0.2) is 97.3 Å². The summed E-state index contributed by atoms with van der Waals surface area (Å²) in [7, 11) is -1.45. The maximum atomic E-state index is 4.55. The molecule has 0 bridgehead atoms. The molecule has 0 N–H and O–H groups in total. The molecule has 0 saturated heterocycles. The van der Waals surface area contributed by atoms with Gasteiger partial charge >= 0.3 is 0 Å². The zero-order chi connectivity index (χ0) is 26.7. The molecular weight excluding hydrogens is 689 g/mol. The fraction of sp³-hybridized carbons (Fsp3) is 0.176. The molecule has 6 aromatic rings. The second kappa shape index (κ2) is 12.5. The minimum atomic E-state index is -1.45. The van der Waals surface area contributed by atoms with Gasteiger partial charge in [-0.05, 0) is 45.1 Å². The second-order valence-corrected chi connectivity index (χ2v) is 16.8. The van der Waals surface area contributed by atoms with Crippen LogP contribution < -0.4 is 5.19 Å². The van der Waals surface area contributed by atoms with Crippen molar-refractivity contribution in [2.45, 2.75) is 39.4 Å². The van der Waals surface area contributed by atoms with Crippen LogP contribution in [0.4, 0.5) is 0 Å². The van der Waals surface area contributed by atoms with Crippen molar-refractivity contribution in [3.63, 3.8) is 0 Å². The molecule has 0 amide bonds. The summed E-state index contributed by atoms with van der Waals surface area (Å²) in [6.07, 6.45) is 3.80. The normalized spacial score (nSPS) is 11.2. The van der Waals surface area contributed by atoms with Gasteiger partial charge in [0.05, 0.1) is 0 Å². The van der Waals surface area contributed by atoms with Crippen LogP contribution in [0.2, 0.25) is 19.6 Å². The van der Waals surface area contributed by atoms with Gasteiger partial charge in [0.15, 0.2) is 0 Å². The summed E-state index contributed by atoms with van der Waals surface area (Å²) >= 11 is 1.86. The molecule has 39 heavy (non-hydrogen) atoms. The topological polar surface area (TPSA) is 25.8 Å². The molecule has 3 heterocycles. The molecule has 0 unspecified atom stereocenters. The molecule has 3 aromatic carbocycles. The average Bonchev–Trinajstić information content (AvgIpc) is 3.33. The summed E-state index contributed by atoms with van der Waals surface area (Å²) in [5.41, 5.74) is 5.44. The minimum Gasteiger partial charge on any atom is -0.305 e. The number of thiophene rings is 1. The first-order valence-electron chi connectivity index (χ1n) is 13.0. The number of pyridine rings is 2. The maximum Gasteiger partial charge on any atom is 0.0300 e. The van der Waals surface area contributed by atoms with Crippen LogP contribution >= 0.6 is 11.3 Å². The van der Waals surface area contributed by atoms with E-state index in [-0.39, 0.29) is 20.1 Å². The van der Waals surface area contributed by atoms with Crippen LogP contribution in [0.3, 0.4) is 0 Å². The van der Waals surface area contributed by atoms with E-state index in [1.54, 1.807) is 0 Å². The van der Waals surface area contributed by atoms with Gasteiger partial charge in [0.2, 0.25) is 0 Å². The molecule has 0 aliphatic carbocycles. The number of hydrogen-bond acceptors (Lipinski definition) is 3. The predicted molar refractivity (Wildman–Crippen MR) is 167 cm³/mol. The van der Waals surface area contributed by atoms with E-state index >= 15 is 0 Å². The summed E-state index contributed by atoms with van der Waals surface area (Å²) in [5.74, 6) is 0.534. The summed E-state index contributed by atoms with van der Waals surface area (Å²) in [4.78, 5) is 8.99. The Kier molecular flexibility index (Phi) is 9.29. The minimum absolute atomic E-state index is 0. The Morgan fingerprint density at radius 3 is 2.21 bits per heavy atom. The fourth-order valence-corrected chi connectivity index (χ4v) is 7.36. The van der Waals surface area contributed by atoms with Crippen molar-refractivity contribution in [2.24, 2.45) is 0 Å². The number of nitrogens with zero attached hydrogens (tertiary/aromatic N) is 2. The molecule has 6 rings (SSSR count). The molecule has 0 aliphatic heterocycles. The molecule has 0 atom stereocenters. The van der Waals surface area contributed by atoms with Gasteiger partial charge < -0.3 is 9.97 Å². The Morgan fingerprint density at radius 1 is 0.795 bits per heavy atom. The SMILES string of the molecule is CC(C)c1ccc(-c2[c-]cccc2)nc1.C[Si](C)(C)c1c[c-]c(-c2ccccn2)c2sc3ccccc3c12.[Ir]. The van der Waals surface area contributed by atoms with Crippen LogP contribution in [-0.4, -0.2) is 18.0 Å². The van der Waals surface area contributed by atoms with Crippen molar-refractivity contribution in [1.29, 1.82) is 0 Å². The monoisotopic (exact) mass is 721 g/mol. The zero-order valence-electron chi connectivity index (χ0n) is 23.0. The molecule has 0 aliphatic rings. The first-order valence-corrected chi connectivity index (χ1v) is 17.4. The fourth-order valence-electron chi connectivity index (χ4n) is 4.52. The van der Waals surface area contributed by atoms with Gasteiger partial charge in [-0.1, -0.05) is 81.3 Å². The molecule has 199 valence electrons. The molecular formula is C34H32IrN2SSi-2. The van der Waals surface area contributed by atoms with Crippen molar-refractivity contribution >= 4 is 44.8 Å². The summed E-state index contributed by atoms with van der Waals surface area (Å²) in [6, 6.07) is 35.8. The Bertz CT molecular complexity index is 1660. The number of aromatic nitrogens is 2. The molecule has 1 radical (unpaired) electrons. The van der Waals surface area contributed by atoms with Gasteiger partial charge in [-0.15, -0.1) is 58.8 Å². The van der Waals surface area contributed by atoms with E-state index in [1.807, 2.05) is 60.1 Å². The van der Waals surface area contributed by atoms with Crippen molar-refractivity contribution in [2.75, 3.05) is 0 Å². The summed E-state index contributed by atoms with van der Waals surface area (Å²) in [5, 5.41) is 4.28. The standard InChI is InChI=1S/C20H18NSSi.C14H14N.Ir/c1-23(2,3)18-12-11-14(16-9-6-7-13-21-16)20-19(18)15-8-4-5-10-17(15)22-20;1-11(2)13-8-9-14(15-10-13)12-6-4-3-5-7-12;/h4-10,12-13H,1-3H3;3-6,8-11H,1-2H3;/q2*-1;. The van der Waals surface area contributed by atoms with E-state index in [9.17, 15) is 0 Å².